The molecule has 2 aromatic carbocycles. The van der Waals surface area contributed by atoms with Crippen LogP contribution in [0.15, 0.2) is 35.2 Å². The van der Waals surface area contributed by atoms with Gasteiger partial charge in [0.15, 0.2) is 16.7 Å². The van der Waals surface area contributed by atoms with E-state index in [0.717, 1.165) is 33.4 Å². The summed E-state index contributed by atoms with van der Waals surface area (Å²) in [6.45, 7) is 1.35. The molecule has 1 saturated heterocycles. The number of hydrogen-bond acceptors (Lipinski definition) is 6. The quantitative estimate of drug-likeness (QED) is 0.315. The van der Waals surface area contributed by atoms with E-state index in [1.807, 2.05) is 12.1 Å². The molecular formula is C20H17Cl2IN2O5S. The summed E-state index contributed by atoms with van der Waals surface area (Å²) in [5.41, 5.74) is 1.59. The molecule has 0 radical (unpaired) electrons. The minimum Gasteiger partial charge on any atom is -0.493 e. The number of carbonyl (C=O) groups is 2. The predicted molar refractivity (Wildman–Crippen MR) is 131 cm³/mol. The van der Waals surface area contributed by atoms with Gasteiger partial charge in [0.05, 0.1) is 15.6 Å². The molecule has 1 amide bonds. The minimum atomic E-state index is -0.833. The highest BCUT2D eigenvalue weighted by atomic mass is 127. The van der Waals surface area contributed by atoms with Crippen molar-refractivity contribution in [1.82, 2.24) is 5.32 Å². The van der Waals surface area contributed by atoms with Gasteiger partial charge < -0.3 is 19.9 Å². The first-order valence-corrected chi connectivity index (χ1v) is 11.2. The molecule has 3 rings (SSSR count). The fourth-order valence-corrected chi connectivity index (χ4v) is 4.29. The molecule has 2 aromatic rings. The number of rotatable bonds is 5. The summed E-state index contributed by atoms with van der Waals surface area (Å²) < 4.78 is 12.2. The van der Waals surface area contributed by atoms with E-state index >= 15 is 0 Å². The molecule has 31 heavy (non-hydrogen) atoms. The van der Waals surface area contributed by atoms with Crippen LogP contribution in [-0.2, 0) is 16.2 Å². The minimum absolute atomic E-state index is 0.118. The highest BCUT2D eigenvalue weighted by Gasteiger charge is 2.22. The Bertz CT molecular complexity index is 1060. The molecule has 1 aliphatic heterocycles. The van der Waals surface area contributed by atoms with E-state index < -0.39 is 5.97 Å². The third kappa shape index (κ3) is 7.60. The number of halogens is 3. The van der Waals surface area contributed by atoms with Crippen LogP contribution >= 0.6 is 57.6 Å². The van der Waals surface area contributed by atoms with Crippen LogP contribution < -0.4 is 14.8 Å². The Morgan fingerprint density at radius 3 is 2.55 bits per heavy atom. The zero-order chi connectivity index (χ0) is 23.1. The number of carboxylic acid groups (broad SMARTS) is 1. The maximum absolute atomic E-state index is 11.8. The number of carboxylic acids is 1. The smallest absolute Gasteiger partial charge is 0.300 e. The monoisotopic (exact) mass is 594 g/mol. The molecule has 0 bridgehead atoms. The van der Waals surface area contributed by atoms with Crippen molar-refractivity contribution in [3.63, 3.8) is 0 Å². The molecule has 3 N–H and O–H groups in total. The second-order valence-corrected chi connectivity index (χ2v) is 9.03. The predicted octanol–water partition coefficient (Wildman–Crippen LogP) is 5.42. The standard InChI is InChI=1S/C18H13Cl2IN2O3S.C2H4O2/c1-25-14-5-9(6-15-17(24)23-18(22)27-15)4-13(21)16(14)26-8-10-2-3-11(19)7-12(10)20;1-2(3)4/h2-7H,8H2,1H3,(H2,22,23,24);1H3,(H,3,4). The van der Waals surface area contributed by atoms with E-state index in [1.165, 1.54) is 0 Å². The van der Waals surface area contributed by atoms with Crippen LogP contribution in [0.5, 0.6) is 11.5 Å². The van der Waals surface area contributed by atoms with Crippen molar-refractivity contribution < 1.29 is 24.2 Å². The zero-order valence-corrected chi connectivity index (χ0v) is 20.8. The Kier molecular flexibility index (Phi) is 9.48. The summed E-state index contributed by atoms with van der Waals surface area (Å²) in [5.74, 6) is 0.0107. The number of benzene rings is 2. The molecular weight excluding hydrogens is 578 g/mol. The lowest BCUT2D eigenvalue weighted by Gasteiger charge is -2.14. The number of thioether (sulfide) groups is 1. The van der Waals surface area contributed by atoms with Crippen molar-refractivity contribution in [3.8, 4) is 11.5 Å². The first-order chi connectivity index (χ1) is 14.6. The molecule has 0 unspecified atom stereocenters. The lowest BCUT2D eigenvalue weighted by molar-refractivity contribution is -0.134. The van der Waals surface area contributed by atoms with Gasteiger partial charge in [0.2, 0.25) is 0 Å². The largest absolute Gasteiger partial charge is 0.493 e. The third-order valence-corrected chi connectivity index (χ3v) is 5.82. The Hall–Kier alpha value is -1.95. The Labute approximate surface area is 206 Å². The van der Waals surface area contributed by atoms with Gasteiger partial charge in [-0.25, -0.2) is 0 Å². The summed E-state index contributed by atoms with van der Waals surface area (Å²) in [7, 11) is 1.55. The van der Waals surface area contributed by atoms with Gasteiger partial charge in [0.1, 0.15) is 6.61 Å². The summed E-state index contributed by atoms with van der Waals surface area (Å²) in [4.78, 5) is 21.2. The van der Waals surface area contributed by atoms with Gasteiger partial charge in [-0.2, -0.15) is 0 Å². The SMILES string of the molecule is CC(=O)O.COc1cc(C=C2SC(=N)NC2=O)cc(I)c1OCc1ccc(Cl)cc1Cl. The lowest BCUT2D eigenvalue weighted by Crippen LogP contribution is -2.18. The van der Waals surface area contributed by atoms with Crippen molar-refractivity contribution in [2.45, 2.75) is 13.5 Å². The van der Waals surface area contributed by atoms with E-state index in [-0.39, 0.29) is 17.7 Å². The lowest BCUT2D eigenvalue weighted by atomic mass is 10.2. The van der Waals surface area contributed by atoms with E-state index in [2.05, 4.69) is 27.9 Å². The number of methoxy groups -OCH3 is 1. The van der Waals surface area contributed by atoms with Gasteiger partial charge in [-0.1, -0.05) is 29.3 Å². The van der Waals surface area contributed by atoms with Crippen LogP contribution in [0.2, 0.25) is 10.0 Å². The maximum Gasteiger partial charge on any atom is 0.300 e. The first kappa shape index (κ1) is 25.3. The van der Waals surface area contributed by atoms with Crippen LogP contribution in [0.3, 0.4) is 0 Å². The van der Waals surface area contributed by atoms with Crippen molar-refractivity contribution in [2.24, 2.45) is 0 Å². The number of ether oxygens (including phenoxy) is 2. The van der Waals surface area contributed by atoms with E-state index in [0.29, 0.717) is 26.4 Å². The molecule has 164 valence electrons. The number of nitrogens with one attached hydrogen (secondary N) is 2. The van der Waals surface area contributed by atoms with Gasteiger partial charge in [0.25, 0.3) is 11.9 Å². The van der Waals surface area contributed by atoms with Gasteiger partial charge >= 0.3 is 0 Å². The molecule has 1 aliphatic rings. The molecule has 1 fully saturated rings. The highest BCUT2D eigenvalue weighted by molar-refractivity contribution is 14.1. The molecule has 7 nitrogen and oxygen atoms in total. The molecule has 11 heteroatoms. The highest BCUT2D eigenvalue weighted by Crippen LogP contribution is 2.36. The van der Waals surface area contributed by atoms with Crippen LogP contribution in [0.25, 0.3) is 6.08 Å². The summed E-state index contributed by atoms with van der Waals surface area (Å²) in [5, 5.41) is 18.6. The maximum atomic E-state index is 11.8. The van der Waals surface area contributed by atoms with Gasteiger partial charge in [0, 0.05) is 22.5 Å². The normalized spacial score (nSPS) is 14.0. The Morgan fingerprint density at radius 1 is 1.32 bits per heavy atom. The van der Waals surface area contributed by atoms with Crippen molar-refractivity contribution in [3.05, 3.63) is 60.0 Å². The van der Waals surface area contributed by atoms with E-state index in [1.54, 1.807) is 31.4 Å². The summed E-state index contributed by atoms with van der Waals surface area (Å²) in [6.07, 6.45) is 1.71. The number of amides is 1. The molecule has 0 spiro atoms. The number of carbonyl (C=O) groups excluding carboxylic acids is 1. The van der Waals surface area contributed by atoms with Crippen LogP contribution in [0, 0.1) is 8.98 Å². The van der Waals surface area contributed by atoms with Crippen molar-refractivity contribution in [1.29, 1.82) is 5.41 Å². The average molecular weight is 595 g/mol. The van der Waals surface area contributed by atoms with Crippen molar-refractivity contribution >= 4 is 80.7 Å². The fraction of sp³-hybridized carbons (Fsp3) is 0.150. The molecule has 1 heterocycles. The van der Waals surface area contributed by atoms with Gasteiger partial charge in [-0.3, -0.25) is 15.0 Å². The second-order valence-electron chi connectivity index (χ2n) is 5.97. The zero-order valence-electron chi connectivity index (χ0n) is 16.3. The number of aliphatic carboxylic acids is 1. The average Bonchev–Trinajstić information content (AvgIpc) is 2.98. The van der Waals surface area contributed by atoms with Crippen molar-refractivity contribution in [2.75, 3.05) is 7.11 Å². The Morgan fingerprint density at radius 2 is 2.00 bits per heavy atom. The number of hydrogen-bond donors (Lipinski definition) is 3. The molecule has 0 aromatic heterocycles. The van der Waals surface area contributed by atoms with Gasteiger partial charge in [-0.05, 0) is 70.3 Å². The van der Waals surface area contributed by atoms with Gasteiger partial charge in [-0.15, -0.1) is 0 Å². The van der Waals surface area contributed by atoms with Crippen LogP contribution in [-0.4, -0.2) is 29.3 Å². The third-order valence-electron chi connectivity index (χ3n) is 3.60. The first-order valence-electron chi connectivity index (χ1n) is 8.54. The molecule has 0 atom stereocenters. The molecule has 0 saturated carbocycles. The van der Waals surface area contributed by atoms with E-state index in [4.69, 9.17) is 48.0 Å². The van der Waals surface area contributed by atoms with Crippen LogP contribution in [0.1, 0.15) is 18.1 Å². The fourth-order valence-electron chi connectivity index (χ4n) is 2.34. The summed E-state index contributed by atoms with van der Waals surface area (Å²) >= 11 is 15.3. The second kappa shape index (κ2) is 11.6. The number of amidine groups is 1. The molecule has 0 aliphatic carbocycles. The van der Waals surface area contributed by atoms with Crippen LogP contribution in [0.4, 0.5) is 0 Å². The Balaban J connectivity index is 0.000000785. The topological polar surface area (TPSA) is 109 Å². The summed E-state index contributed by atoms with van der Waals surface area (Å²) in [6, 6.07) is 8.90. The van der Waals surface area contributed by atoms with E-state index in [9.17, 15) is 4.79 Å².